The third-order valence-electron chi connectivity index (χ3n) is 3.60. The summed E-state index contributed by atoms with van der Waals surface area (Å²) in [6, 6.07) is 0.457. The Morgan fingerprint density at radius 2 is 2.00 bits per heavy atom. The highest BCUT2D eigenvalue weighted by atomic mass is 32.2. The molecule has 1 saturated heterocycles. The number of ether oxygens (including phenoxy) is 1. The van der Waals surface area contributed by atoms with E-state index in [2.05, 4.69) is 12.2 Å². The smallest absolute Gasteiger partial charge is 0.216 e. The van der Waals surface area contributed by atoms with E-state index < -0.39 is 10.0 Å². The van der Waals surface area contributed by atoms with Gasteiger partial charge in [-0.25, -0.2) is 12.7 Å². The monoisotopic (exact) mass is 264 g/mol. The Kier molecular flexibility index (Phi) is 5.85. The molecule has 1 unspecified atom stereocenters. The van der Waals surface area contributed by atoms with Crippen LogP contribution in [0.3, 0.4) is 0 Å². The van der Waals surface area contributed by atoms with Gasteiger partial charge < -0.3 is 10.1 Å². The minimum atomic E-state index is -3.11. The Morgan fingerprint density at radius 1 is 1.41 bits per heavy atom. The lowest BCUT2D eigenvalue weighted by Gasteiger charge is -2.34. The van der Waals surface area contributed by atoms with Gasteiger partial charge in [0.2, 0.25) is 10.0 Å². The summed E-state index contributed by atoms with van der Waals surface area (Å²) < 4.78 is 30.3. The molecular formula is C11H24N2O3S. The van der Waals surface area contributed by atoms with Crippen molar-refractivity contribution in [3.63, 3.8) is 0 Å². The molecule has 1 aliphatic heterocycles. The molecule has 0 aliphatic carbocycles. The zero-order valence-corrected chi connectivity index (χ0v) is 11.8. The molecule has 0 spiro atoms. The minimum absolute atomic E-state index is 0.0930. The molecule has 102 valence electrons. The summed E-state index contributed by atoms with van der Waals surface area (Å²) >= 11 is 0. The second kappa shape index (κ2) is 6.68. The first-order valence-corrected chi connectivity index (χ1v) is 7.76. The van der Waals surface area contributed by atoms with Crippen LogP contribution < -0.4 is 5.32 Å². The van der Waals surface area contributed by atoms with Crippen LogP contribution in [0.25, 0.3) is 0 Å². The average molecular weight is 264 g/mol. The fraction of sp³-hybridized carbons (Fsp3) is 1.00. The van der Waals surface area contributed by atoms with Gasteiger partial charge in [-0.15, -0.1) is 0 Å². The molecule has 0 radical (unpaired) electrons. The summed E-state index contributed by atoms with van der Waals surface area (Å²) in [5, 5.41) is 3.23. The van der Waals surface area contributed by atoms with Crippen LogP contribution in [-0.2, 0) is 14.8 Å². The van der Waals surface area contributed by atoms with Crippen molar-refractivity contribution in [3.05, 3.63) is 0 Å². The molecule has 1 rings (SSSR count). The Balaban J connectivity index is 2.46. The summed E-state index contributed by atoms with van der Waals surface area (Å²) in [5.74, 6) is 0.671. The number of hydrogen-bond donors (Lipinski definition) is 1. The predicted molar refractivity (Wildman–Crippen MR) is 68.5 cm³/mol. The molecule has 1 heterocycles. The van der Waals surface area contributed by atoms with Crippen molar-refractivity contribution in [2.45, 2.75) is 25.8 Å². The van der Waals surface area contributed by atoms with Gasteiger partial charge >= 0.3 is 0 Å². The van der Waals surface area contributed by atoms with Gasteiger partial charge in [0.05, 0.1) is 12.4 Å². The number of nitrogens with one attached hydrogen (secondary N) is 1. The van der Waals surface area contributed by atoms with Crippen molar-refractivity contribution in [2.75, 3.05) is 39.6 Å². The summed E-state index contributed by atoms with van der Waals surface area (Å²) in [7, 11) is 0.362. The van der Waals surface area contributed by atoms with E-state index in [1.807, 2.05) is 7.05 Å². The van der Waals surface area contributed by atoms with Gasteiger partial charge in [-0.05, 0) is 32.7 Å². The Labute approximate surface area is 105 Å². The maximum atomic E-state index is 11.9. The molecule has 0 aromatic carbocycles. The zero-order chi connectivity index (χ0) is 12.9. The first-order valence-electron chi connectivity index (χ1n) is 6.15. The minimum Gasteiger partial charge on any atom is -0.384 e. The van der Waals surface area contributed by atoms with Crippen molar-refractivity contribution in [2.24, 2.45) is 5.92 Å². The van der Waals surface area contributed by atoms with Gasteiger partial charge in [-0.2, -0.15) is 0 Å². The largest absolute Gasteiger partial charge is 0.384 e. The van der Waals surface area contributed by atoms with E-state index in [0.29, 0.717) is 25.0 Å². The van der Waals surface area contributed by atoms with E-state index in [1.165, 1.54) is 7.11 Å². The van der Waals surface area contributed by atoms with Crippen LogP contribution >= 0.6 is 0 Å². The van der Waals surface area contributed by atoms with Crippen LogP contribution in [0.15, 0.2) is 0 Å². The maximum Gasteiger partial charge on any atom is 0.216 e. The third-order valence-corrected chi connectivity index (χ3v) is 5.43. The van der Waals surface area contributed by atoms with Crippen LogP contribution in [0.4, 0.5) is 0 Å². The van der Waals surface area contributed by atoms with Crippen molar-refractivity contribution in [3.8, 4) is 0 Å². The average Bonchev–Trinajstić information content (AvgIpc) is 2.35. The topological polar surface area (TPSA) is 58.6 Å². The maximum absolute atomic E-state index is 11.9. The summed E-state index contributed by atoms with van der Waals surface area (Å²) in [6.07, 6.45) is 1.88. The number of methoxy groups -OCH3 is 1. The molecule has 0 aromatic heterocycles. The summed E-state index contributed by atoms with van der Waals surface area (Å²) in [4.78, 5) is 0. The number of rotatable bonds is 6. The highest BCUT2D eigenvalue weighted by Gasteiger charge is 2.29. The molecule has 0 saturated carbocycles. The fourth-order valence-corrected chi connectivity index (χ4v) is 3.61. The number of piperidine rings is 1. The molecule has 17 heavy (non-hydrogen) atoms. The highest BCUT2D eigenvalue weighted by molar-refractivity contribution is 7.89. The first kappa shape index (κ1) is 14.9. The van der Waals surface area contributed by atoms with Gasteiger partial charge in [0.1, 0.15) is 0 Å². The molecular weight excluding hydrogens is 240 g/mol. The van der Waals surface area contributed by atoms with Crippen LogP contribution in [0, 0.1) is 5.92 Å². The molecule has 1 aliphatic rings. The molecule has 1 fully saturated rings. The van der Waals surface area contributed by atoms with E-state index in [4.69, 9.17) is 4.74 Å². The van der Waals surface area contributed by atoms with E-state index in [1.54, 1.807) is 4.31 Å². The van der Waals surface area contributed by atoms with Gasteiger partial charge in [0.15, 0.2) is 0 Å². The molecule has 1 N–H and O–H groups in total. The third kappa shape index (κ3) is 4.21. The SMILES string of the molecule is CNC(C)C1CCN(S(=O)(=O)CCOC)CC1. The van der Waals surface area contributed by atoms with E-state index >= 15 is 0 Å². The van der Waals surface area contributed by atoms with E-state index in [9.17, 15) is 8.42 Å². The number of sulfonamides is 1. The summed E-state index contributed by atoms with van der Waals surface area (Å²) in [6.45, 7) is 3.71. The van der Waals surface area contributed by atoms with Crippen molar-refractivity contribution in [1.82, 2.24) is 9.62 Å². The van der Waals surface area contributed by atoms with Gasteiger partial charge in [0, 0.05) is 26.2 Å². The van der Waals surface area contributed by atoms with Gasteiger partial charge in [0.25, 0.3) is 0 Å². The van der Waals surface area contributed by atoms with Crippen LogP contribution in [0.2, 0.25) is 0 Å². The quantitative estimate of drug-likeness (QED) is 0.749. The lowest BCUT2D eigenvalue weighted by Crippen LogP contribution is -2.44. The molecule has 6 heteroatoms. The van der Waals surface area contributed by atoms with E-state index in [0.717, 1.165) is 12.8 Å². The molecule has 0 aromatic rings. The van der Waals surface area contributed by atoms with Crippen LogP contribution in [0.5, 0.6) is 0 Å². The highest BCUT2D eigenvalue weighted by Crippen LogP contribution is 2.22. The first-order chi connectivity index (χ1) is 8.01. The summed E-state index contributed by atoms with van der Waals surface area (Å²) in [5.41, 5.74) is 0. The van der Waals surface area contributed by atoms with Crippen LogP contribution in [0.1, 0.15) is 19.8 Å². The lowest BCUT2D eigenvalue weighted by atomic mass is 9.91. The van der Waals surface area contributed by atoms with Crippen molar-refractivity contribution >= 4 is 10.0 Å². The van der Waals surface area contributed by atoms with Crippen molar-refractivity contribution in [1.29, 1.82) is 0 Å². The molecule has 1 atom stereocenters. The van der Waals surface area contributed by atoms with Crippen molar-refractivity contribution < 1.29 is 13.2 Å². The molecule has 0 amide bonds. The van der Waals surface area contributed by atoms with Gasteiger partial charge in [-0.1, -0.05) is 0 Å². The molecule has 0 bridgehead atoms. The van der Waals surface area contributed by atoms with E-state index in [-0.39, 0.29) is 12.4 Å². The number of hydrogen-bond acceptors (Lipinski definition) is 4. The lowest BCUT2D eigenvalue weighted by molar-refractivity contribution is 0.210. The second-order valence-corrected chi connectivity index (χ2v) is 6.71. The van der Waals surface area contributed by atoms with Gasteiger partial charge in [-0.3, -0.25) is 0 Å². The second-order valence-electron chi connectivity index (χ2n) is 4.62. The van der Waals surface area contributed by atoms with Crippen LogP contribution in [-0.4, -0.2) is 58.4 Å². The predicted octanol–water partition coefficient (Wildman–Crippen LogP) is 0.283. The Bertz CT molecular complexity index is 311. The Hall–Kier alpha value is -0.170. The Morgan fingerprint density at radius 3 is 2.47 bits per heavy atom. The number of nitrogens with zero attached hydrogens (tertiary/aromatic N) is 1. The fourth-order valence-electron chi connectivity index (χ4n) is 2.21. The zero-order valence-electron chi connectivity index (χ0n) is 11.0. The standard InChI is InChI=1S/C11H24N2O3S/c1-10(12-2)11-4-6-13(7-5-11)17(14,15)9-8-16-3/h10-12H,4-9H2,1-3H3. The normalized spacial score (nSPS) is 21.6. The molecule has 5 nitrogen and oxygen atoms in total.